The number of benzene rings is 3. The largest absolute Gasteiger partial charge is 0.497 e. The predicted molar refractivity (Wildman–Crippen MR) is 142 cm³/mol. The smallest absolute Gasteiger partial charge is 0.159 e. The van der Waals surface area contributed by atoms with Crippen LogP contribution >= 0.6 is 22.7 Å². The fourth-order valence-electron chi connectivity index (χ4n) is 3.95. The lowest BCUT2D eigenvalue weighted by atomic mass is 10.00. The van der Waals surface area contributed by atoms with E-state index in [0.29, 0.717) is 22.5 Å². The summed E-state index contributed by atoms with van der Waals surface area (Å²) >= 11 is 3.00. The SMILES string of the molecule is COc1ccc(-c2nc(-c3cc(F)c(F)cc3-c3nc(-c4ccc(OC)cc4)sc3C)c(C)s2)cc1. The molecule has 0 bridgehead atoms. The molecule has 5 rings (SSSR count). The maximum absolute atomic E-state index is 14.5. The van der Waals surface area contributed by atoms with Crippen molar-refractivity contribution in [3.05, 3.63) is 82.1 Å². The predicted octanol–water partition coefficient (Wildman–Crippen LogP) is 8.18. The Balaban J connectivity index is 1.61. The zero-order valence-corrected chi connectivity index (χ0v) is 21.7. The average Bonchev–Trinajstić information content (AvgIpc) is 3.48. The number of halogens is 2. The second kappa shape index (κ2) is 9.79. The molecular weight excluding hydrogens is 498 g/mol. The van der Waals surface area contributed by atoms with Crippen LogP contribution in [0, 0.1) is 25.5 Å². The summed E-state index contributed by atoms with van der Waals surface area (Å²) in [6, 6.07) is 17.6. The molecule has 8 heteroatoms. The summed E-state index contributed by atoms with van der Waals surface area (Å²) in [5.74, 6) is -0.338. The van der Waals surface area contributed by atoms with E-state index < -0.39 is 11.6 Å². The number of methoxy groups -OCH3 is 2. The molecule has 182 valence electrons. The van der Waals surface area contributed by atoms with Gasteiger partial charge < -0.3 is 9.47 Å². The van der Waals surface area contributed by atoms with Crippen LogP contribution in [0.1, 0.15) is 9.75 Å². The van der Waals surface area contributed by atoms with Crippen LogP contribution in [0.4, 0.5) is 8.78 Å². The lowest BCUT2D eigenvalue weighted by molar-refractivity contribution is 0.415. The molecule has 0 unspecified atom stereocenters. The summed E-state index contributed by atoms with van der Waals surface area (Å²) in [6.07, 6.45) is 0. The van der Waals surface area contributed by atoms with Crippen molar-refractivity contribution in [1.29, 1.82) is 0 Å². The number of rotatable bonds is 6. The molecule has 0 aliphatic heterocycles. The third-order valence-electron chi connectivity index (χ3n) is 5.84. The number of thiazole rings is 2. The first kappa shape index (κ1) is 24.1. The molecule has 0 N–H and O–H groups in total. The molecule has 0 aliphatic rings. The van der Waals surface area contributed by atoms with Crippen molar-refractivity contribution in [2.75, 3.05) is 14.2 Å². The van der Waals surface area contributed by atoms with Crippen LogP contribution in [0.5, 0.6) is 11.5 Å². The van der Waals surface area contributed by atoms with Gasteiger partial charge in [0.1, 0.15) is 21.5 Å². The highest BCUT2D eigenvalue weighted by Gasteiger charge is 2.22. The lowest BCUT2D eigenvalue weighted by Crippen LogP contribution is -1.94. The normalized spacial score (nSPS) is 11.1. The summed E-state index contributed by atoms with van der Waals surface area (Å²) in [7, 11) is 3.23. The minimum atomic E-state index is -0.921. The van der Waals surface area contributed by atoms with E-state index in [9.17, 15) is 8.78 Å². The Labute approximate surface area is 215 Å². The number of ether oxygens (including phenoxy) is 2. The molecule has 4 nitrogen and oxygen atoms in total. The van der Waals surface area contributed by atoms with Crippen molar-refractivity contribution in [3.8, 4) is 55.2 Å². The van der Waals surface area contributed by atoms with Crippen molar-refractivity contribution in [2.45, 2.75) is 13.8 Å². The van der Waals surface area contributed by atoms with Crippen LogP contribution in [0.25, 0.3) is 43.7 Å². The topological polar surface area (TPSA) is 44.2 Å². The van der Waals surface area contributed by atoms with E-state index in [1.165, 1.54) is 34.8 Å². The van der Waals surface area contributed by atoms with Gasteiger partial charge in [-0.15, -0.1) is 22.7 Å². The molecule has 2 heterocycles. The van der Waals surface area contributed by atoms with Gasteiger partial charge in [-0.3, -0.25) is 0 Å². The van der Waals surface area contributed by atoms with E-state index in [-0.39, 0.29) is 0 Å². The van der Waals surface area contributed by atoms with Crippen LogP contribution in [0.15, 0.2) is 60.7 Å². The van der Waals surface area contributed by atoms with E-state index in [1.807, 2.05) is 62.4 Å². The Morgan fingerprint density at radius 2 is 0.972 bits per heavy atom. The standard InChI is InChI=1S/C28H22F2N2O2S2/c1-15-25(31-27(35-15)17-5-9-19(33-3)10-6-17)21-13-23(29)24(30)14-22(21)26-16(2)36-28(32-26)18-7-11-20(34-4)12-8-18/h5-14H,1-4H3. The van der Waals surface area contributed by atoms with Gasteiger partial charge in [0.2, 0.25) is 0 Å². The average molecular weight is 521 g/mol. The number of hydrogen-bond acceptors (Lipinski definition) is 6. The van der Waals surface area contributed by atoms with Gasteiger partial charge in [0.25, 0.3) is 0 Å². The van der Waals surface area contributed by atoms with Crippen LogP contribution in [-0.4, -0.2) is 24.2 Å². The van der Waals surface area contributed by atoms with Gasteiger partial charge in [0, 0.05) is 32.0 Å². The minimum Gasteiger partial charge on any atom is -0.497 e. The van der Waals surface area contributed by atoms with Crippen molar-refractivity contribution in [2.24, 2.45) is 0 Å². The zero-order chi connectivity index (χ0) is 25.4. The van der Waals surface area contributed by atoms with Gasteiger partial charge >= 0.3 is 0 Å². The molecule has 5 aromatic rings. The van der Waals surface area contributed by atoms with Gasteiger partial charge in [-0.25, -0.2) is 18.7 Å². The van der Waals surface area contributed by atoms with E-state index in [0.717, 1.165) is 42.4 Å². The zero-order valence-electron chi connectivity index (χ0n) is 20.1. The Kier molecular flexibility index (Phi) is 6.55. The minimum absolute atomic E-state index is 0.511. The first-order valence-electron chi connectivity index (χ1n) is 11.1. The second-order valence-corrected chi connectivity index (χ2v) is 10.5. The summed E-state index contributed by atoms with van der Waals surface area (Å²) in [5, 5.41) is 1.57. The van der Waals surface area contributed by atoms with Crippen molar-refractivity contribution < 1.29 is 18.3 Å². The summed E-state index contributed by atoms with van der Waals surface area (Å²) in [6.45, 7) is 3.86. The lowest BCUT2D eigenvalue weighted by Gasteiger charge is -2.09. The first-order valence-corrected chi connectivity index (χ1v) is 12.7. The summed E-state index contributed by atoms with van der Waals surface area (Å²) in [5.41, 5.74) is 4.09. The molecule has 0 radical (unpaired) electrons. The number of hydrogen-bond donors (Lipinski definition) is 0. The van der Waals surface area contributed by atoms with Gasteiger partial charge in [-0.1, -0.05) is 0 Å². The molecule has 0 saturated carbocycles. The number of nitrogens with zero attached hydrogens (tertiary/aromatic N) is 2. The molecule has 0 fully saturated rings. The quantitative estimate of drug-likeness (QED) is 0.226. The third-order valence-corrected chi connectivity index (χ3v) is 7.88. The van der Waals surface area contributed by atoms with Gasteiger partial charge in [-0.2, -0.15) is 0 Å². The van der Waals surface area contributed by atoms with Gasteiger partial charge in [0.15, 0.2) is 11.6 Å². The Hall–Kier alpha value is -3.62. The molecular formula is C28H22F2N2O2S2. The van der Waals surface area contributed by atoms with E-state index >= 15 is 0 Å². The molecule has 36 heavy (non-hydrogen) atoms. The number of aromatic nitrogens is 2. The summed E-state index contributed by atoms with van der Waals surface area (Å²) in [4.78, 5) is 11.5. The highest BCUT2D eigenvalue weighted by Crippen LogP contribution is 2.42. The first-order chi connectivity index (χ1) is 17.4. The molecule has 0 spiro atoms. The fraction of sp³-hybridized carbons (Fsp3) is 0.143. The maximum Gasteiger partial charge on any atom is 0.159 e. The molecule has 0 amide bonds. The number of aryl methyl sites for hydroxylation is 2. The van der Waals surface area contributed by atoms with E-state index in [1.54, 1.807) is 14.2 Å². The van der Waals surface area contributed by atoms with E-state index in [2.05, 4.69) is 0 Å². The Bertz CT molecular complexity index is 1420. The van der Waals surface area contributed by atoms with Crippen LogP contribution in [0.3, 0.4) is 0 Å². The highest BCUT2D eigenvalue weighted by atomic mass is 32.1. The van der Waals surface area contributed by atoms with Gasteiger partial charge in [-0.05, 0) is 74.5 Å². The Morgan fingerprint density at radius 3 is 1.31 bits per heavy atom. The molecule has 3 aromatic carbocycles. The van der Waals surface area contributed by atoms with Crippen molar-refractivity contribution in [3.63, 3.8) is 0 Å². The third kappa shape index (κ3) is 4.50. The van der Waals surface area contributed by atoms with Crippen molar-refractivity contribution >= 4 is 22.7 Å². The van der Waals surface area contributed by atoms with Crippen molar-refractivity contribution in [1.82, 2.24) is 9.97 Å². The monoisotopic (exact) mass is 520 g/mol. The highest BCUT2D eigenvalue weighted by molar-refractivity contribution is 7.15. The maximum atomic E-state index is 14.5. The van der Waals surface area contributed by atoms with E-state index in [4.69, 9.17) is 19.4 Å². The van der Waals surface area contributed by atoms with Gasteiger partial charge in [0.05, 0.1) is 25.6 Å². The fourth-order valence-corrected chi connectivity index (χ4v) is 5.81. The summed E-state index contributed by atoms with van der Waals surface area (Å²) < 4.78 is 39.5. The van der Waals surface area contributed by atoms with Crippen LogP contribution < -0.4 is 9.47 Å². The van der Waals surface area contributed by atoms with Crippen LogP contribution in [0.2, 0.25) is 0 Å². The molecule has 0 atom stereocenters. The van der Waals surface area contributed by atoms with Crippen LogP contribution in [-0.2, 0) is 0 Å². The molecule has 0 saturated heterocycles. The Morgan fingerprint density at radius 1 is 0.611 bits per heavy atom. The molecule has 0 aliphatic carbocycles. The molecule has 2 aromatic heterocycles. The second-order valence-electron chi connectivity index (χ2n) is 8.12.